The molecule has 0 aliphatic rings. The van der Waals surface area contributed by atoms with E-state index in [4.69, 9.17) is 20.8 Å². The first-order valence-corrected chi connectivity index (χ1v) is 8.02. The molecule has 7 nitrogen and oxygen atoms in total. The number of nitrogens with zero attached hydrogens (tertiary/aromatic N) is 1. The number of benzene rings is 2. The van der Waals surface area contributed by atoms with E-state index in [0.29, 0.717) is 11.4 Å². The first kappa shape index (κ1) is 18.4. The topological polar surface area (TPSA) is 94.6 Å². The van der Waals surface area contributed by atoms with Crippen LogP contribution in [0.25, 0.3) is 0 Å². The third-order valence-electron chi connectivity index (χ3n) is 3.49. The number of halogens is 2. The van der Waals surface area contributed by atoms with Gasteiger partial charge in [-0.15, -0.1) is 0 Å². The number of hydrogen-bond donors (Lipinski definition) is 1. The highest BCUT2D eigenvalue weighted by molar-refractivity contribution is 6.32. The van der Waals surface area contributed by atoms with Gasteiger partial charge < -0.3 is 14.5 Å². The SMILES string of the molecule is O=C(Nc1ccc([N+](=O)[O-])cc1)c1ccc(COc2ccc(F)cc2Cl)o1. The summed E-state index contributed by atoms with van der Waals surface area (Å²) in [7, 11) is 0. The zero-order valence-corrected chi connectivity index (χ0v) is 14.4. The Balaban J connectivity index is 1.61. The standard InChI is InChI=1S/C18H12ClFN2O5/c19-15-9-11(20)1-7-16(15)26-10-14-6-8-17(27-14)18(23)21-12-2-4-13(5-3-12)22(24)25/h1-9H,10H2,(H,21,23). The second kappa shape index (κ2) is 7.88. The van der Waals surface area contributed by atoms with Crippen molar-refractivity contribution < 1.29 is 23.3 Å². The maximum absolute atomic E-state index is 13.0. The van der Waals surface area contributed by atoms with Gasteiger partial charge in [0.05, 0.1) is 9.95 Å². The molecule has 27 heavy (non-hydrogen) atoms. The van der Waals surface area contributed by atoms with Gasteiger partial charge >= 0.3 is 0 Å². The largest absolute Gasteiger partial charge is 0.484 e. The van der Waals surface area contributed by atoms with E-state index in [0.717, 1.165) is 6.07 Å². The molecule has 0 aliphatic carbocycles. The van der Waals surface area contributed by atoms with Gasteiger partial charge in [-0.2, -0.15) is 0 Å². The van der Waals surface area contributed by atoms with Crippen LogP contribution < -0.4 is 10.1 Å². The summed E-state index contributed by atoms with van der Waals surface area (Å²) in [5.74, 6) is -0.307. The Kier molecular flexibility index (Phi) is 5.37. The lowest BCUT2D eigenvalue weighted by atomic mass is 10.3. The molecule has 0 atom stereocenters. The quantitative estimate of drug-likeness (QED) is 0.481. The number of nitro benzene ring substituents is 1. The molecule has 0 saturated heterocycles. The molecule has 1 N–H and O–H groups in total. The maximum atomic E-state index is 13.0. The molecule has 1 heterocycles. The average Bonchev–Trinajstić information content (AvgIpc) is 3.10. The molecule has 0 spiro atoms. The Morgan fingerprint density at radius 2 is 1.93 bits per heavy atom. The van der Waals surface area contributed by atoms with Gasteiger partial charge in [0, 0.05) is 17.8 Å². The number of nitrogens with one attached hydrogen (secondary N) is 1. The van der Waals surface area contributed by atoms with Crippen LogP contribution in [0.15, 0.2) is 59.0 Å². The van der Waals surface area contributed by atoms with Crippen molar-refractivity contribution in [2.75, 3.05) is 5.32 Å². The lowest BCUT2D eigenvalue weighted by Gasteiger charge is -2.06. The van der Waals surface area contributed by atoms with Crippen LogP contribution in [0.1, 0.15) is 16.3 Å². The summed E-state index contributed by atoms with van der Waals surface area (Å²) in [6.07, 6.45) is 0. The number of non-ortho nitro benzene ring substituents is 1. The molecule has 1 amide bonds. The van der Waals surface area contributed by atoms with E-state index in [9.17, 15) is 19.3 Å². The van der Waals surface area contributed by atoms with Crippen LogP contribution in [0.5, 0.6) is 5.75 Å². The molecule has 2 aromatic carbocycles. The van der Waals surface area contributed by atoms with Crippen LogP contribution >= 0.6 is 11.6 Å². The number of anilines is 1. The minimum atomic E-state index is -0.530. The zero-order chi connectivity index (χ0) is 19.4. The predicted octanol–water partition coefficient (Wildman–Crippen LogP) is 4.81. The Morgan fingerprint density at radius 3 is 2.59 bits per heavy atom. The number of carbonyl (C=O) groups is 1. The second-order valence-electron chi connectivity index (χ2n) is 5.39. The summed E-state index contributed by atoms with van der Waals surface area (Å²) in [6.45, 7) is -0.00381. The van der Waals surface area contributed by atoms with Crippen molar-refractivity contribution in [3.05, 3.63) is 87.1 Å². The third kappa shape index (κ3) is 4.62. The fourth-order valence-corrected chi connectivity index (χ4v) is 2.40. The molecular weight excluding hydrogens is 379 g/mol. The Bertz CT molecular complexity index is 988. The van der Waals surface area contributed by atoms with Crippen molar-refractivity contribution in [3.63, 3.8) is 0 Å². The van der Waals surface area contributed by atoms with Crippen molar-refractivity contribution in [2.24, 2.45) is 0 Å². The molecule has 0 saturated carbocycles. The molecule has 0 unspecified atom stereocenters. The number of nitro groups is 1. The van der Waals surface area contributed by atoms with E-state index in [1.807, 2.05) is 0 Å². The molecule has 3 rings (SSSR count). The molecule has 138 valence electrons. The maximum Gasteiger partial charge on any atom is 0.291 e. The predicted molar refractivity (Wildman–Crippen MR) is 95.5 cm³/mol. The van der Waals surface area contributed by atoms with E-state index in [2.05, 4.69) is 5.32 Å². The van der Waals surface area contributed by atoms with Gasteiger partial charge in [0.25, 0.3) is 11.6 Å². The van der Waals surface area contributed by atoms with E-state index < -0.39 is 16.6 Å². The molecule has 0 aliphatic heterocycles. The van der Waals surface area contributed by atoms with Crippen molar-refractivity contribution in [1.29, 1.82) is 0 Å². The smallest absolute Gasteiger partial charge is 0.291 e. The van der Waals surface area contributed by atoms with Gasteiger partial charge in [-0.3, -0.25) is 14.9 Å². The van der Waals surface area contributed by atoms with E-state index in [-0.39, 0.29) is 28.8 Å². The summed E-state index contributed by atoms with van der Waals surface area (Å²) in [5.41, 5.74) is 0.308. The van der Waals surface area contributed by atoms with Crippen LogP contribution in [0.4, 0.5) is 15.8 Å². The summed E-state index contributed by atoms with van der Waals surface area (Å²) in [6, 6.07) is 12.1. The van der Waals surface area contributed by atoms with E-state index in [1.54, 1.807) is 6.07 Å². The number of ether oxygens (including phenoxy) is 1. The molecule has 0 fully saturated rings. The van der Waals surface area contributed by atoms with Crippen molar-refractivity contribution in [2.45, 2.75) is 6.61 Å². The summed E-state index contributed by atoms with van der Waals surface area (Å²) in [4.78, 5) is 22.3. The van der Waals surface area contributed by atoms with Crippen molar-refractivity contribution in [1.82, 2.24) is 0 Å². The monoisotopic (exact) mass is 390 g/mol. The zero-order valence-electron chi connectivity index (χ0n) is 13.6. The van der Waals surface area contributed by atoms with Crippen LogP contribution in [-0.4, -0.2) is 10.8 Å². The third-order valence-corrected chi connectivity index (χ3v) is 3.78. The molecule has 3 aromatic rings. The van der Waals surface area contributed by atoms with Gasteiger partial charge in [0.15, 0.2) is 5.76 Å². The lowest BCUT2D eigenvalue weighted by molar-refractivity contribution is -0.384. The summed E-state index contributed by atoms with van der Waals surface area (Å²) >= 11 is 5.87. The number of furan rings is 1. The molecule has 1 aromatic heterocycles. The first-order chi connectivity index (χ1) is 12.9. The normalized spacial score (nSPS) is 10.4. The Morgan fingerprint density at radius 1 is 1.19 bits per heavy atom. The highest BCUT2D eigenvalue weighted by Crippen LogP contribution is 2.26. The van der Waals surface area contributed by atoms with E-state index >= 15 is 0 Å². The van der Waals surface area contributed by atoms with Gasteiger partial charge in [0.1, 0.15) is 23.9 Å². The molecule has 0 radical (unpaired) electrons. The molecule has 9 heteroatoms. The van der Waals surface area contributed by atoms with Gasteiger partial charge in [-0.25, -0.2) is 4.39 Å². The number of hydrogen-bond acceptors (Lipinski definition) is 5. The number of amides is 1. The van der Waals surface area contributed by atoms with Crippen LogP contribution in [0, 0.1) is 15.9 Å². The molecular formula is C18H12ClFN2O5. The minimum Gasteiger partial charge on any atom is -0.484 e. The van der Waals surface area contributed by atoms with E-state index in [1.165, 1.54) is 42.5 Å². The summed E-state index contributed by atoms with van der Waals surface area (Å²) < 4.78 is 23.8. The summed E-state index contributed by atoms with van der Waals surface area (Å²) in [5, 5.41) is 13.3. The number of rotatable bonds is 6. The van der Waals surface area contributed by atoms with Crippen LogP contribution in [-0.2, 0) is 6.61 Å². The first-order valence-electron chi connectivity index (χ1n) is 7.65. The van der Waals surface area contributed by atoms with Crippen LogP contribution in [0.2, 0.25) is 5.02 Å². The minimum absolute atomic E-state index is 0.00381. The Labute approximate surface area is 157 Å². The highest BCUT2D eigenvalue weighted by atomic mass is 35.5. The lowest BCUT2D eigenvalue weighted by Crippen LogP contribution is -2.10. The van der Waals surface area contributed by atoms with Crippen molar-refractivity contribution in [3.8, 4) is 5.75 Å². The number of carbonyl (C=O) groups excluding carboxylic acids is 1. The highest BCUT2D eigenvalue weighted by Gasteiger charge is 2.13. The fourth-order valence-electron chi connectivity index (χ4n) is 2.18. The van der Waals surface area contributed by atoms with Gasteiger partial charge in [-0.1, -0.05) is 11.6 Å². The van der Waals surface area contributed by atoms with Crippen LogP contribution in [0.3, 0.4) is 0 Å². The van der Waals surface area contributed by atoms with Gasteiger partial charge in [0.2, 0.25) is 0 Å². The molecule has 0 bridgehead atoms. The fraction of sp³-hybridized carbons (Fsp3) is 0.0556. The average molecular weight is 391 g/mol. The van der Waals surface area contributed by atoms with Crippen molar-refractivity contribution >= 4 is 28.9 Å². The Hall–Kier alpha value is -3.39. The van der Waals surface area contributed by atoms with Gasteiger partial charge in [-0.05, 0) is 42.5 Å². The second-order valence-corrected chi connectivity index (χ2v) is 5.79.